The van der Waals surface area contributed by atoms with E-state index in [1.54, 1.807) is 6.92 Å². The number of nitrogens with zero attached hydrogens (tertiary/aromatic N) is 1. The topological polar surface area (TPSA) is 75.7 Å². The van der Waals surface area contributed by atoms with E-state index >= 15 is 0 Å². The van der Waals surface area contributed by atoms with Crippen LogP contribution in [0.2, 0.25) is 0 Å². The van der Waals surface area contributed by atoms with Crippen molar-refractivity contribution in [1.29, 1.82) is 0 Å². The molecule has 1 aliphatic heterocycles. The zero-order valence-corrected chi connectivity index (χ0v) is 11.1. The van der Waals surface area contributed by atoms with Gasteiger partial charge in [-0.05, 0) is 13.3 Å². The fraction of sp³-hybridized carbons (Fsp3) is 0.750. The highest BCUT2D eigenvalue weighted by Crippen LogP contribution is 2.23. The smallest absolute Gasteiger partial charge is 0.325 e. The largest absolute Gasteiger partial charge is 0.469 e. The van der Waals surface area contributed by atoms with Gasteiger partial charge >= 0.3 is 12.0 Å². The van der Waals surface area contributed by atoms with Crippen molar-refractivity contribution in [2.45, 2.75) is 45.1 Å². The van der Waals surface area contributed by atoms with E-state index in [0.29, 0.717) is 6.42 Å². The quantitative estimate of drug-likeness (QED) is 0.569. The van der Waals surface area contributed by atoms with Crippen molar-refractivity contribution in [1.82, 2.24) is 10.2 Å². The van der Waals surface area contributed by atoms with Crippen LogP contribution in [0.5, 0.6) is 0 Å². The lowest BCUT2D eigenvalue weighted by Crippen LogP contribution is -2.43. The Hall–Kier alpha value is -1.59. The Morgan fingerprint density at radius 3 is 2.67 bits per heavy atom. The summed E-state index contributed by atoms with van der Waals surface area (Å²) in [6.07, 6.45) is 2.47. The van der Waals surface area contributed by atoms with Crippen molar-refractivity contribution in [2.24, 2.45) is 0 Å². The first-order chi connectivity index (χ1) is 8.44. The van der Waals surface area contributed by atoms with E-state index in [4.69, 9.17) is 0 Å². The zero-order chi connectivity index (χ0) is 13.8. The van der Waals surface area contributed by atoms with Crippen LogP contribution in [-0.2, 0) is 14.3 Å². The van der Waals surface area contributed by atoms with E-state index in [1.165, 1.54) is 7.11 Å². The molecule has 18 heavy (non-hydrogen) atoms. The van der Waals surface area contributed by atoms with Gasteiger partial charge in [-0.15, -0.1) is 0 Å². The number of methoxy groups -OCH3 is 1. The fourth-order valence-electron chi connectivity index (χ4n) is 1.96. The summed E-state index contributed by atoms with van der Waals surface area (Å²) < 4.78 is 4.49. The lowest BCUT2D eigenvalue weighted by atomic mass is 9.95. The van der Waals surface area contributed by atoms with Crippen LogP contribution < -0.4 is 5.32 Å². The van der Waals surface area contributed by atoms with Gasteiger partial charge in [0.25, 0.3) is 5.91 Å². The first kappa shape index (κ1) is 14.5. The first-order valence-electron chi connectivity index (χ1n) is 6.15. The average Bonchev–Trinajstić information content (AvgIpc) is 2.56. The number of carbonyl (C=O) groups excluding carboxylic acids is 3. The Balaban J connectivity index is 2.63. The third kappa shape index (κ3) is 3.00. The molecule has 1 aliphatic rings. The molecule has 6 nitrogen and oxygen atoms in total. The van der Waals surface area contributed by atoms with Gasteiger partial charge < -0.3 is 10.1 Å². The van der Waals surface area contributed by atoms with E-state index in [1.807, 2.05) is 6.92 Å². The Bertz CT molecular complexity index is 356. The molecule has 0 aromatic rings. The molecule has 0 bridgehead atoms. The molecule has 0 aliphatic carbocycles. The molecule has 1 heterocycles. The van der Waals surface area contributed by atoms with Crippen LogP contribution in [0, 0.1) is 0 Å². The van der Waals surface area contributed by atoms with Crippen LogP contribution in [0.25, 0.3) is 0 Å². The molecule has 6 heteroatoms. The number of imide groups is 1. The van der Waals surface area contributed by atoms with Gasteiger partial charge in [0.1, 0.15) is 5.54 Å². The average molecular weight is 256 g/mol. The van der Waals surface area contributed by atoms with E-state index in [-0.39, 0.29) is 18.9 Å². The van der Waals surface area contributed by atoms with Gasteiger partial charge in [0.05, 0.1) is 13.5 Å². The van der Waals surface area contributed by atoms with Crippen LogP contribution in [0.1, 0.15) is 39.5 Å². The summed E-state index contributed by atoms with van der Waals surface area (Å²) in [6, 6.07) is -0.428. The second-order valence-corrected chi connectivity index (χ2v) is 4.65. The van der Waals surface area contributed by atoms with Crippen LogP contribution >= 0.6 is 0 Å². The zero-order valence-electron chi connectivity index (χ0n) is 11.1. The number of ether oxygens (including phenoxy) is 1. The number of rotatable bonds is 6. The van der Waals surface area contributed by atoms with Gasteiger partial charge in [-0.1, -0.05) is 19.8 Å². The van der Waals surface area contributed by atoms with Crippen LogP contribution in [0.15, 0.2) is 0 Å². The fourth-order valence-corrected chi connectivity index (χ4v) is 1.96. The number of hydrogen-bond donors (Lipinski definition) is 1. The van der Waals surface area contributed by atoms with Gasteiger partial charge in [0, 0.05) is 6.54 Å². The van der Waals surface area contributed by atoms with Gasteiger partial charge in [0.2, 0.25) is 0 Å². The van der Waals surface area contributed by atoms with E-state index < -0.39 is 17.5 Å². The Kier molecular flexibility index (Phi) is 4.69. The third-order valence-corrected chi connectivity index (χ3v) is 3.14. The number of hydrogen-bond acceptors (Lipinski definition) is 4. The van der Waals surface area contributed by atoms with Crippen LogP contribution in [0.4, 0.5) is 4.79 Å². The summed E-state index contributed by atoms with van der Waals surface area (Å²) in [6.45, 7) is 3.82. The van der Waals surface area contributed by atoms with Crippen molar-refractivity contribution in [3.05, 3.63) is 0 Å². The molecule has 1 fully saturated rings. The molecular formula is C12H20N2O4. The van der Waals surface area contributed by atoms with E-state index in [0.717, 1.165) is 17.7 Å². The summed E-state index contributed by atoms with van der Waals surface area (Å²) in [5, 5.41) is 2.69. The minimum Gasteiger partial charge on any atom is -0.469 e. The molecule has 1 unspecified atom stereocenters. The van der Waals surface area contributed by atoms with E-state index in [9.17, 15) is 14.4 Å². The molecule has 0 aromatic carbocycles. The highest BCUT2D eigenvalue weighted by Gasteiger charge is 2.46. The maximum Gasteiger partial charge on any atom is 0.325 e. The van der Waals surface area contributed by atoms with Crippen molar-refractivity contribution in [3.63, 3.8) is 0 Å². The molecule has 1 atom stereocenters. The lowest BCUT2D eigenvalue weighted by Gasteiger charge is -2.21. The summed E-state index contributed by atoms with van der Waals surface area (Å²) in [7, 11) is 1.28. The number of urea groups is 1. The monoisotopic (exact) mass is 256 g/mol. The van der Waals surface area contributed by atoms with Gasteiger partial charge in [-0.25, -0.2) is 4.79 Å². The van der Waals surface area contributed by atoms with Crippen LogP contribution in [0.3, 0.4) is 0 Å². The maximum atomic E-state index is 12.1. The Labute approximate surface area is 107 Å². The number of amides is 3. The molecule has 3 amide bonds. The highest BCUT2D eigenvalue weighted by molar-refractivity contribution is 6.06. The van der Waals surface area contributed by atoms with Crippen molar-refractivity contribution in [3.8, 4) is 0 Å². The molecule has 1 N–H and O–H groups in total. The number of unbranched alkanes of at least 4 members (excludes halogenated alkanes) is 1. The SMILES string of the molecule is CCCCC1(C)NC(=O)N(CCC(=O)OC)C1=O. The standard InChI is InChI=1S/C12H20N2O4/c1-4-5-7-12(2)10(16)14(11(17)13-12)8-6-9(15)18-3/h4-8H2,1-3H3,(H,13,17). The summed E-state index contributed by atoms with van der Waals surface area (Å²) in [4.78, 5) is 36.0. The third-order valence-electron chi connectivity index (χ3n) is 3.14. The number of carbonyl (C=O) groups is 3. The second kappa shape index (κ2) is 5.84. The van der Waals surface area contributed by atoms with Gasteiger partial charge in [-0.3, -0.25) is 14.5 Å². The summed E-state index contributed by atoms with van der Waals surface area (Å²) in [5.41, 5.74) is -0.830. The summed E-state index contributed by atoms with van der Waals surface area (Å²) >= 11 is 0. The maximum absolute atomic E-state index is 12.1. The molecular weight excluding hydrogens is 236 g/mol. The molecule has 0 spiro atoms. The predicted molar refractivity (Wildman–Crippen MR) is 64.8 cm³/mol. The first-order valence-corrected chi connectivity index (χ1v) is 6.15. The Morgan fingerprint density at radius 1 is 1.44 bits per heavy atom. The normalized spacial score (nSPS) is 23.2. The minimum absolute atomic E-state index is 0.0273. The highest BCUT2D eigenvalue weighted by atomic mass is 16.5. The molecule has 0 aromatic heterocycles. The molecule has 0 radical (unpaired) electrons. The molecule has 1 rings (SSSR count). The van der Waals surface area contributed by atoms with Crippen molar-refractivity contribution in [2.75, 3.05) is 13.7 Å². The van der Waals surface area contributed by atoms with Gasteiger partial charge in [0.15, 0.2) is 0 Å². The lowest BCUT2D eigenvalue weighted by molar-refractivity contribution is -0.141. The second-order valence-electron chi connectivity index (χ2n) is 4.65. The molecule has 1 saturated heterocycles. The van der Waals surface area contributed by atoms with Gasteiger partial charge in [-0.2, -0.15) is 0 Å². The van der Waals surface area contributed by atoms with Crippen molar-refractivity contribution < 1.29 is 19.1 Å². The van der Waals surface area contributed by atoms with Crippen molar-refractivity contribution >= 4 is 17.9 Å². The number of nitrogens with one attached hydrogen (secondary N) is 1. The Morgan fingerprint density at radius 2 is 2.11 bits per heavy atom. The number of esters is 1. The predicted octanol–water partition coefficient (Wildman–Crippen LogP) is 1.05. The summed E-state index contributed by atoms with van der Waals surface area (Å²) in [5.74, 6) is -0.692. The molecule has 102 valence electrons. The molecule has 0 saturated carbocycles. The van der Waals surface area contributed by atoms with E-state index in [2.05, 4.69) is 10.1 Å². The minimum atomic E-state index is -0.830. The van der Waals surface area contributed by atoms with Crippen LogP contribution in [-0.4, -0.2) is 42.0 Å².